The van der Waals surface area contributed by atoms with E-state index in [2.05, 4.69) is 12.2 Å². The first kappa shape index (κ1) is 13.3. The molecule has 2 rings (SSSR count). The van der Waals surface area contributed by atoms with Crippen molar-refractivity contribution >= 4 is 0 Å². The van der Waals surface area contributed by atoms with Crippen LogP contribution < -0.4 is 5.32 Å². The van der Waals surface area contributed by atoms with Gasteiger partial charge in [-0.3, -0.25) is 0 Å². The zero-order chi connectivity index (χ0) is 12.1. The van der Waals surface area contributed by atoms with E-state index in [9.17, 15) is 5.11 Å². The zero-order valence-electron chi connectivity index (χ0n) is 10.8. The standard InChI is InChI=1S/C13H25NO3/c1-13(4-5-13)10-14-7-11(15)8-16-9-12-3-2-6-17-12/h11-12,14-15H,2-10H2,1H3. The van der Waals surface area contributed by atoms with Crippen LogP contribution in [0.3, 0.4) is 0 Å². The molecule has 2 atom stereocenters. The van der Waals surface area contributed by atoms with Crippen LogP contribution in [0.4, 0.5) is 0 Å². The normalized spacial score (nSPS) is 28.2. The second-order valence-electron chi connectivity index (χ2n) is 5.77. The van der Waals surface area contributed by atoms with Gasteiger partial charge in [-0.2, -0.15) is 0 Å². The number of hydrogen-bond donors (Lipinski definition) is 2. The largest absolute Gasteiger partial charge is 0.389 e. The number of nitrogens with one attached hydrogen (secondary N) is 1. The highest BCUT2D eigenvalue weighted by Gasteiger charge is 2.36. The molecule has 2 fully saturated rings. The van der Waals surface area contributed by atoms with Gasteiger partial charge >= 0.3 is 0 Å². The second kappa shape index (κ2) is 6.14. The van der Waals surface area contributed by atoms with Crippen LogP contribution in [0.25, 0.3) is 0 Å². The van der Waals surface area contributed by atoms with Crippen molar-refractivity contribution in [1.29, 1.82) is 0 Å². The molecular formula is C13H25NO3. The van der Waals surface area contributed by atoms with Crippen molar-refractivity contribution in [3.63, 3.8) is 0 Å². The summed E-state index contributed by atoms with van der Waals surface area (Å²) in [5, 5.41) is 13.0. The summed E-state index contributed by atoms with van der Waals surface area (Å²) < 4.78 is 10.9. The molecule has 2 unspecified atom stereocenters. The molecule has 1 saturated heterocycles. The topological polar surface area (TPSA) is 50.7 Å². The van der Waals surface area contributed by atoms with E-state index in [1.165, 1.54) is 12.8 Å². The first-order valence-corrected chi connectivity index (χ1v) is 6.76. The van der Waals surface area contributed by atoms with Gasteiger partial charge in [-0.15, -0.1) is 0 Å². The summed E-state index contributed by atoms with van der Waals surface area (Å²) in [6.45, 7) is 5.80. The molecule has 2 aliphatic rings. The molecule has 2 N–H and O–H groups in total. The number of rotatable bonds is 8. The van der Waals surface area contributed by atoms with E-state index in [-0.39, 0.29) is 6.10 Å². The Hall–Kier alpha value is -0.160. The first-order chi connectivity index (χ1) is 8.18. The Bertz CT molecular complexity index is 225. The molecule has 1 heterocycles. The Labute approximate surface area is 104 Å². The minimum Gasteiger partial charge on any atom is -0.389 e. The van der Waals surface area contributed by atoms with Crippen LogP contribution in [0.2, 0.25) is 0 Å². The number of aliphatic hydroxyl groups is 1. The molecule has 100 valence electrons. The number of aliphatic hydroxyl groups excluding tert-OH is 1. The van der Waals surface area contributed by atoms with Crippen LogP contribution in [0, 0.1) is 5.41 Å². The molecule has 0 radical (unpaired) electrons. The quantitative estimate of drug-likeness (QED) is 0.666. The fraction of sp³-hybridized carbons (Fsp3) is 1.00. The average Bonchev–Trinajstić information content (AvgIpc) is 2.80. The Morgan fingerprint density at radius 1 is 1.53 bits per heavy atom. The third-order valence-electron chi connectivity index (χ3n) is 3.67. The Balaban J connectivity index is 1.44. The molecule has 0 amide bonds. The van der Waals surface area contributed by atoms with E-state index in [1.54, 1.807) is 0 Å². The van der Waals surface area contributed by atoms with Crippen LogP contribution in [0.15, 0.2) is 0 Å². The monoisotopic (exact) mass is 243 g/mol. The van der Waals surface area contributed by atoms with E-state index in [0.717, 1.165) is 26.0 Å². The predicted molar refractivity (Wildman–Crippen MR) is 66.0 cm³/mol. The fourth-order valence-corrected chi connectivity index (χ4v) is 2.10. The maximum atomic E-state index is 9.71. The third kappa shape index (κ3) is 4.92. The summed E-state index contributed by atoms with van der Waals surface area (Å²) in [6.07, 6.45) is 4.69. The lowest BCUT2D eigenvalue weighted by Crippen LogP contribution is -2.34. The third-order valence-corrected chi connectivity index (χ3v) is 3.67. The molecule has 0 bridgehead atoms. The molecule has 1 saturated carbocycles. The Morgan fingerprint density at radius 3 is 3.00 bits per heavy atom. The van der Waals surface area contributed by atoms with Crippen molar-refractivity contribution in [3.05, 3.63) is 0 Å². The van der Waals surface area contributed by atoms with Gasteiger partial charge in [0.05, 0.1) is 25.4 Å². The van der Waals surface area contributed by atoms with E-state index in [0.29, 0.717) is 25.2 Å². The van der Waals surface area contributed by atoms with Gasteiger partial charge in [0.25, 0.3) is 0 Å². The van der Waals surface area contributed by atoms with Crippen molar-refractivity contribution in [2.75, 3.05) is 32.9 Å². The van der Waals surface area contributed by atoms with Crippen LogP contribution in [-0.2, 0) is 9.47 Å². The highest BCUT2D eigenvalue weighted by atomic mass is 16.5. The van der Waals surface area contributed by atoms with Gasteiger partial charge in [-0.05, 0) is 31.1 Å². The molecule has 4 heteroatoms. The SMILES string of the molecule is CC1(CNCC(O)COCC2CCCO2)CC1. The van der Waals surface area contributed by atoms with E-state index >= 15 is 0 Å². The molecule has 1 aliphatic heterocycles. The van der Waals surface area contributed by atoms with Crippen LogP contribution in [-0.4, -0.2) is 50.2 Å². The smallest absolute Gasteiger partial charge is 0.0897 e. The van der Waals surface area contributed by atoms with E-state index < -0.39 is 6.10 Å². The minimum atomic E-state index is -0.404. The second-order valence-corrected chi connectivity index (χ2v) is 5.77. The molecule has 0 aromatic heterocycles. The maximum Gasteiger partial charge on any atom is 0.0897 e. The van der Waals surface area contributed by atoms with Crippen molar-refractivity contribution in [2.24, 2.45) is 5.41 Å². The molecule has 0 aromatic rings. The highest BCUT2D eigenvalue weighted by Crippen LogP contribution is 2.43. The first-order valence-electron chi connectivity index (χ1n) is 6.76. The number of ether oxygens (including phenoxy) is 2. The highest BCUT2D eigenvalue weighted by molar-refractivity contribution is 4.90. The molecule has 0 aromatic carbocycles. The maximum absolute atomic E-state index is 9.71. The van der Waals surface area contributed by atoms with Gasteiger partial charge in [0.1, 0.15) is 0 Å². The summed E-state index contributed by atoms with van der Waals surface area (Å²) in [5.74, 6) is 0. The van der Waals surface area contributed by atoms with Gasteiger partial charge in [0, 0.05) is 19.7 Å². The van der Waals surface area contributed by atoms with Gasteiger partial charge < -0.3 is 19.9 Å². The van der Waals surface area contributed by atoms with Crippen molar-refractivity contribution in [3.8, 4) is 0 Å². The average molecular weight is 243 g/mol. The molecular weight excluding hydrogens is 218 g/mol. The summed E-state index contributed by atoms with van der Waals surface area (Å²) >= 11 is 0. The lowest BCUT2D eigenvalue weighted by molar-refractivity contribution is -0.0165. The number of hydrogen-bond acceptors (Lipinski definition) is 4. The zero-order valence-corrected chi connectivity index (χ0v) is 10.8. The lowest BCUT2D eigenvalue weighted by Gasteiger charge is -2.16. The summed E-state index contributed by atoms with van der Waals surface area (Å²) in [6, 6.07) is 0. The van der Waals surface area contributed by atoms with E-state index in [1.807, 2.05) is 0 Å². The molecule has 4 nitrogen and oxygen atoms in total. The predicted octanol–water partition coefficient (Wildman–Crippen LogP) is 0.933. The van der Waals surface area contributed by atoms with Gasteiger partial charge in [0.2, 0.25) is 0 Å². The minimum absolute atomic E-state index is 0.250. The van der Waals surface area contributed by atoms with E-state index in [4.69, 9.17) is 9.47 Å². The van der Waals surface area contributed by atoms with Crippen LogP contribution in [0.1, 0.15) is 32.6 Å². The van der Waals surface area contributed by atoms with Crippen molar-refractivity contribution < 1.29 is 14.6 Å². The van der Waals surface area contributed by atoms with Gasteiger partial charge in [-0.1, -0.05) is 6.92 Å². The molecule has 1 aliphatic carbocycles. The summed E-state index contributed by atoms with van der Waals surface area (Å²) in [4.78, 5) is 0. The van der Waals surface area contributed by atoms with Crippen LogP contribution in [0.5, 0.6) is 0 Å². The Kier molecular flexibility index (Phi) is 4.79. The summed E-state index contributed by atoms with van der Waals surface area (Å²) in [5.41, 5.74) is 0.498. The van der Waals surface area contributed by atoms with Crippen LogP contribution >= 0.6 is 0 Å². The van der Waals surface area contributed by atoms with Crippen molar-refractivity contribution in [1.82, 2.24) is 5.32 Å². The lowest BCUT2D eigenvalue weighted by atomic mass is 10.1. The Morgan fingerprint density at radius 2 is 2.35 bits per heavy atom. The fourth-order valence-electron chi connectivity index (χ4n) is 2.10. The molecule has 17 heavy (non-hydrogen) atoms. The summed E-state index contributed by atoms with van der Waals surface area (Å²) in [7, 11) is 0. The molecule has 0 spiro atoms. The van der Waals surface area contributed by atoms with Gasteiger partial charge in [0.15, 0.2) is 0 Å². The van der Waals surface area contributed by atoms with Crippen molar-refractivity contribution in [2.45, 2.75) is 44.8 Å². The van der Waals surface area contributed by atoms with Gasteiger partial charge in [-0.25, -0.2) is 0 Å².